The number of pyridine rings is 1. The third-order valence-corrected chi connectivity index (χ3v) is 5.54. The van der Waals surface area contributed by atoms with E-state index < -0.39 is 17.2 Å². The number of H-pyrrole nitrogens is 1. The van der Waals surface area contributed by atoms with E-state index in [9.17, 15) is 14.0 Å². The zero-order chi connectivity index (χ0) is 22.1. The van der Waals surface area contributed by atoms with Gasteiger partial charge in [0, 0.05) is 27.1 Å². The van der Waals surface area contributed by atoms with Gasteiger partial charge in [0.15, 0.2) is 5.78 Å². The average molecular weight is 452 g/mol. The fourth-order valence-corrected chi connectivity index (χ4v) is 4.10. The van der Waals surface area contributed by atoms with Gasteiger partial charge in [0.2, 0.25) is 0 Å². The molecule has 0 fully saturated rings. The molecule has 0 aliphatic heterocycles. The van der Waals surface area contributed by atoms with Crippen LogP contribution in [0.3, 0.4) is 0 Å². The Morgan fingerprint density at radius 2 is 1.71 bits per heavy atom. The van der Waals surface area contributed by atoms with Crippen LogP contribution in [0.1, 0.15) is 22.8 Å². The first kappa shape index (κ1) is 21.0. The molecule has 3 nitrogen and oxygen atoms in total. The van der Waals surface area contributed by atoms with Gasteiger partial charge < -0.3 is 4.98 Å². The van der Waals surface area contributed by atoms with Crippen LogP contribution < -0.4 is 5.56 Å². The SMILES string of the molecule is CC(=CC(=O)c1c(-c2ccccc2)c2cc(Cl)ccc2[nH]c1=O)c1c(F)cccc1Cl. The van der Waals surface area contributed by atoms with Crippen LogP contribution in [0.15, 0.2) is 77.6 Å². The van der Waals surface area contributed by atoms with Gasteiger partial charge in [-0.05, 0) is 54.5 Å². The molecule has 0 bridgehead atoms. The highest BCUT2D eigenvalue weighted by atomic mass is 35.5. The second kappa shape index (κ2) is 8.50. The van der Waals surface area contributed by atoms with E-state index >= 15 is 0 Å². The van der Waals surface area contributed by atoms with Crippen molar-refractivity contribution in [3.05, 3.63) is 110 Å². The van der Waals surface area contributed by atoms with Gasteiger partial charge in [0.25, 0.3) is 5.56 Å². The summed E-state index contributed by atoms with van der Waals surface area (Å²) in [6, 6.07) is 18.5. The van der Waals surface area contributed by atoms with Crippen molar-refractivity contribution in [2.24, 2.45) is 0 Å². The Morgan fingerprint density at radius 1 is 0.968 bits per heavy atom. The summed E-state index contributed by atoms with van der Waals surface area (Å²) in [5.41, 5.74) is 1.57. The van der Waals surface area contributed by atoms with Crippen molar-refractivity contribution in [3.63, 3.8) is 0 Å². The van der Waals surface area contributed by atoms with Crippen molar-refractivity contribution in [2.45, 2.75) is 6.92 Å². The summed E-state index contributed by atoms with van der Waals surface area (Å²) < 4.78 is 14.3. The average Bonchev–Trinajstić information content (AvgIpc) is 2.73. The minimum Gasteiger partial charge on any atom is -0.321 e. The van der Waals surface area contributed by atoms with Gasteiger partial charge >= 0.3 is 0 Å². The maximum Gasteiger partial charge on any atom is 0.260 e. The number of aromatic nitrogens is 1. The third kappa shape index (κ3) is 4.05. The lowest BCUT2D eigenvalue weighted by atomic mass is 9.93. The first-order valence-corrected chi connectivity index (χ1v) is 10.2. The van der Waals surface area contributed by atoms with E-state index in [4.69, 9.17) is 23.2 Å². The number of fused-ring (bicyclic) bond motifs is 1. The third-order valence-electron chi connectivity index (χ3n) is 4.99. The van der Waals surface area contributed by atoms with Crippen LogP contribution in [-0.4, -0.2) is 10.8 Å². The molecule has 0 aliphatic carbocycles. The van der Waals surface area contributed by atoms with Gasteiger partial charge in [0.1, 0.15) is 5.82 Å². The summed E-state index contributed by atoms with van der Waals surface area (Å²) in [4.78, 5) is 29.0. The van der Waals surface area contributed by atoms with E-state index in [1.54, 1.807) is 31.2 Å². The van der Waals surface area contributed by atoms with Gasteiger partial charge in [0.05, 0.1) is 10.6 Å². The predicted molar refractivity (Wildman–Crippen MR) is 124 cm³/mol. The number of halogens is 3. The highest BCUT2D eigenvalue weighted by Gasteiger charge is 2.21. The molecular weight excluding hydrogens is 436 g/mol. The normalized spacial score (nSPS) is 11.7. The molecule has 4 rings (SSSR count). The lowest BCUT2D eigenvalue weighted by molar-refractivity contribution is 0.104. The number of allylic oxidation sites excluding steroid dienone is 2. The molecule has 0 saturated heterocycles. The standard InChI is InChI=1S/C25H16Cl2FNO2/c1-14(22-18(27)8-5-9-19(22)28)12-21(30)24-23(15-6-3-2-4-7-15)17-13-16(26)10-11-20(17)29-25(24)31/h2-13H,1H3,(H,29,31). The molecule has 0 radical (unpaired) electrons. The van der Waals surface area contributed by atoms with Crippen LogP contribution in [0, 0.1) is 5.82 Å². The van der Waals surface area contributed by atoms with Crippen molar-refractivity contribution in [1.82, 2.24) is 4.98 Å². The molecular formula is C25H16Cl2FNO2. The van der Waals surface area contributed by atoms with Crippen molar-refractivity contribution < 1.29 is 9.18 Å². The molecule has 1 aromatic heterocycles. The topological polar surface area (TPSA) is 49.9 Å². The van der Waals surface area contributed by atoms with Gasteiger partial charge in [-0.25, -0.2) is 4.39 Å². The summed E-state index contributed by atoms with van der Waals surface area (Å²) in [5.74, 6) is -1.10. The minimum absolute atomic E-state index is 0.0484. The quantitative estimate of drug-likeness (QED) is 0.270. The van der Waals surface area contributed by atoms with Crippen LogP contribution in [0.25, 0.3) is 27.6 Å². The van der Waals surface area contributed by atoms with Crippen LogP contribution >= 0.6 is 23.2 Å². The summed E-state index contributed by atoms with van der Waals surface area (Å²) in [7, 11) is 0. The molecule has 31 heavy (non-hydrogen) atoms. The van der Waals surface area contributed by atoms with Gasteiger partial charge in [-0.15, -0.1) is 0 Å². The van der Waals surface area contributed by atoms with Gasteiger partial charge in [-0.3, -0.25) is 9.59 Å². The number of hydrogen-bond acceptors (Lipinski definition) is 2. The molecule has 0 aliphatic rings. The molecule has 0 unspecified atom stereocenters. The molecule has 1 heterocycles. The van der Waals surface area contributed by atoms with E-state index in [1.165, 1.54) is 18.2 Å². The fraction of sp³-hybridized carbons (Fsp3) is 0.0400. The Labute approximate surface area is 187 Å². The number of ketones is 1. The molecule has 0 spiro atoms. The van der Waals surface area contributed by atoms with Gasteiger partial charge in [-0.2, -0.15) is 0 Å². The Kier molecular flexibility index (Phi) is 5.77. The largest absolute Gasteiger partial charge is 0.321 e. The lowest BCUT2D eigenvalue weighted by Gasteiger charge is -2.12. The zero-order valence-electron chi connectivity index (χ0n) is 16.4. The Hall–Kier alpha value is -3.21. The van der Waals surface area contributed by atoms with E-state index in [-0.39, 0.29) is 16.1 Å². The predicted octanol–water partition coefficient (Wildman–Crippen LogP) is 6.93. The second-order valence-electron chi connectivity index (χ2n) is 7.05. The number of hydrogen-bond donors (Lipinski definition) is 1. The maximum atomic E-state index is 14.3. The summed E-state index contributed by atoms with van der Waals surface area (Å²) in [6.07, 6.45) is 1.23. The van der Waals surface area contributed by atoms with Crippen LogP contribution in [0.5, 0.6) is 0 Å². The highest BCUT2D eigenvalue weighted by Crippen LogP contribution is 2.32. The zero-order valence-corrected chi connectivity index (χ0v) is 17.9. The van der Waals surface area contributed by atoms with E-state index in [0.29, 0.717) is 32.6 Å². The summed E-state index contributed by atoms with van der Waals surface area (Å²) >= 11 is 12.3. The number of carbonyl (C=O) groups excluding carboxylic acids is 1. The number of aromatic amines is 1. The van der Waals surface area contributed by atoms with Crippen LogP contribution in [0.2, 0.25) is 10.0 Å². The summed E-state index contributed by atoms with van der Waals surface area (Å²) in [6.45, 7) is 1.58. The molecule has 0 amide bonds. The second-order valence-corrected chi connectivity index (χ2v) is 7.89. The number of nitrogens with one attached hydrogen (secondary N) is 1. The number of benzene rings is 3. The number of rotatable bonds is 4. The first-order valence-electron chi connectivity index (χ1n) is 9.45. The minimum atomic E-state index is -0.557. The van der Waals surface area contributed by atoms with Crippen molar-refractivity contribution in [3.8, 4) is 11.1 Å². The highest BCUT2D eigenvalue weighted by molar-refractivity contribution is 6.33. The molecule has 154 valence electrons. The first-order chi connectivity index (χ1) is 14.9. The summed E-state index contributed by atoms with van der Waals surface area (Å²) in [5, 5.41) is 1.29. The maximum absolute atomic E-state index is 14.3. The van der Waals surface area contributed by atoms with Gasteiger partial charge in [-0.1, -0.05) is 59.6 Å². The van der Waals surface area contributed by atoms with Crippen molar-refractivity contribution >= 4 is 45.5 Å². The van der Waals surface area contributed by atoms with E-state index in [1.807, 2.05) is 30.3 Å². The smallest absolute Gasteiger partial charge is 0.260 e. The fourth-order valence-electron chi connectivity index (χ4n) is 3.62. The molecule has 6 heteroatoms. The number of carbonyl (C=O) groups is 1. The Bertz CT molecular complexity index is 1390. The molecule has 0 saturated carbocycles. The van der Waals surface area contributed by atoms with E-state index in [0.717, 1.165) is 0 Å². The molecule has 4 aromatic rings. The lowest BCUT2D eigenvalue weighted by Crippen LogP contribution is -2.19. The van der Waals surface area contributed by atoms with Crippen molar-refractivity contribution in [2.75, 3.05) is 0 Å². The van der Waals surface area contributed by atoms with Crippen molar-refractivity contribution in [1.29, 1.82) is 0 Å². The Balaban J connectivity index is 1.98. The monoisotopic (exact) mass is 451 g/mol. The molecule has 1 N–H and O–H groups in total. The Morgan fingerprint density at radius 3 is 2.42 bits per heavy atom. The van der Waals surface area contributed by atoms with Crippen LogP contribution in [0.4, 0.5) is 4.39 Å². The molecule has 3 aromatic carbocycles. The van der Waals surface area contributed by atoms with Crippen LogP contribution in [-0.2, 0) is 0 Å². The molecule has 0 atom stereocenters. The van der Waals surface area contributed by atoms with E-state index in [2.05, 4.69) is 4.98 Å².